The number of aliphatic hydroxyl groups is 4. The van der Waals surface area contributed by atoms with E-state index in [4.69, 9.17) is 11.5 Å². The summed E-state index contributed by atoms with van der Waals surface area (Å²) in [6, 6.07) is -1.06. The Balaban J connectivity index is 1.43. The number of rotatable bonds is 3. The molecule has 14 heteroatoms. The molecule has 0 unspecified atom stereocenters. The zero-order chi connectivity index (χ0) is 25.6. The molecule has 6 atom stereocenters. The highest BCUT2D eigenvalue weighted by atomic mass is 19.1. The van der Waals surface area contributed by atoms with Crippen molar-refractivity contribution in [2.75, 3.05) is 11.5 Å². The number of hydrogen-bond acceptors (Lipinski definition) is 10. The van der Waals surface area contributed by atoms with Crippen LogP contribution in [-0.4, -0.2) is 67.3 Å². The highest BCUT2D eigenvalue weighted by Crippen LogP contribution is 2.51. The Morgan fingerprint density at radius 1 is 0.917 bits per heavy atom. The summed E-state index contributed by atoms with van der Waals surface area (Å²) in [5.41, 5.74) is 7.68. The smallest absolute Gasteiger partial charge is 0.167 e. The molecule has 36 heavy (non-hydrogen) atoms. The van der Waals surface area contributed by atoms with Crippen molar-refractivity contribution in [2.45, 2.75) is 42.4 Å². The molecule has 0 radical (unpaired) electrons. The van der Waals surface area contributed by atoms with Gasteiger partial charge >= 0.3 is 0 Å². The van der Waals surface area contributed by atoms with Crippen LogP contribution >= 0.6 is 0 Å². The maximum absolute atomic E-state index is 14.8. The van der Waals surface area contributed by atoms with E-state index in [1.807, 2.05) is 0 Å². The average Bonchev–Trinajstić information content (AvgIpc) is 3.62. The van der Waals surface area contributed by atoms with Crippen LogP contribution in [-0.2, 0) is 5.72 Å². The van der Waals surface area contributed by atoms with Gasteiger partial charge < -0.3 is 36.5 Å². The molecule has 8 N–H and O–H groups in total. The fourth-order valence-corrected chi connectivity index (χ4v) is 5.66. The molecule has 0 aromatic carbocycles. The minimum absolute atomic E-state index is 0.0225. The van der Waals surface area contributed by atoms with Gasteiger partial charge in [0, 0.05) is 12.3 Å². The van der Waals surface area contributed by atoms with Crippen LogP contribution in [0.4, 0.5) is 20.4 Å². The second kappa shape index (κ2) is 7.39. The molecule has 1 fully saturated rings. The van der Waals surface area contributed by atoms with E-state index < -0.39 is 47.1 Å². The standard InChI is InChI=1S/C22H22F2N8O4/c23-10-5-27-19(25)14-16(10)31(7-29-14)13-3-12(33)18(34)22(13,36)9-1-2-21(35,4-9)32-8-30-15-17(32)11(24)6-28-20(15)26/h1-2,5-9,12-13,18,33-36H,3-4H2,(H2,25,27)(H2,26,28)/t9-,12+,13-,18-,21+,22-/m1/s1. The second-order valence-corrected chi connectivity index (χ2v) is 9.34. The Labute approximate surface area is 201 Å². The fourth-order valence-electron chi connectivity index (χ4n) is 5.66. The first-order valence-electron chi connectivity index (χ1n) is 11.1. The lowest BCUT2D eigenvalue weighted by Crippen LogP contribution is -2.52. The lowest BCUT2D eigenvalue weighted by molar-refractivity contribution is -0.135. The topological polar surface area (TPSA) is 194 Å². The van der Waals surface area contributed by atoms with Crippen LogP contribution in [0.1, 0.15) is 18.9 Å². The molecule has 0 aliphatic heterocycles. The first kappa shape index (κ1) is 22.7. The van der Waals surface area contributed by atoms with E-state index in [9.17, 15) is 29.2 Å². The number of aliphatic hydroxyl groups excluding tert-OH is 2. The number of nitrogens with two attached hydrogens (primary N) is 2. The van der Waals surface area contributed by atoms with Crippen molar-refractivity contribution < 1.29 is 29.2 Å². The number of hydrogen-bond donors (Lipinski definition) is 6. The first-order valence-corrected chi connectivity index (χ1v) is 11.1. The lowest BCUT2D eigenvalue weighted by atomic mass is 9.79. The minimum Gasteiger partial charge on any atom is -0.390 e. The summed E-state index contributed by atoms with van der Waals surface area (Å²) in [4.78, 5) is 15.6. The van der Waals surface area contributed by atoms with E-state index >= 15 is 0 Å². The van der Waals surface area contributed by atoms with Crippen molar-refractivity contribution in [3.63, 3.8) is 0 Å². The number of aromatic nitrogens is 6. The Morgan fingerprint density at radius 2 is 1.53 bits per heavy atom. The summed E-state index contributed by atoms with van der Waals surface area (Å²) in [6.45, 7) is 0. The number of anilines is 2. The summed E-state index contributed by atoms with van der Waals surface area (Å²) in [5, 5.41) is 44.8. The van der Waals surface area contributed by atoms with Gasteiger partial charge in [-0.25, -0.2) is 28.7 Å². The molecule has 0 saturated heterocycles. The third-order valence-electron chi connectivity index (χ3n) is 7.43. The molecule has 1 saturated carbocycles. The van der Waals surface area contributed by atoms with Gasteiger partial charge in [0.1, 0.15) is 33.8 Å². The van der Waals surface area contributed by atoms with Crippen LogP contribution in [0.5, 0.6) is 0 Å². The van der Waals surface area contributed by atoms with Crippen molar-refractivity contribution in [2.24, 2.45) is 5.92 Å². The van der Waals surface area contributed by atoms with Crippen LogP contribution in [0.2, 0.25) is 0 Å². The van der Waals surface area contributed by atoms with Crippen molar-refractivity contribution in [3.05, 3.63) is 48.8 Å². The van der Waals surface area contributed by atoms with Gasteiger partial charge in [-0.1, -0.05) is 6.08 Å². The Morgan fingerprint density at radius 3 is 2.22 bits per heavy atom. The summed E-state index contributed by atoms with van der Waals surface area (Å²) in [5.74, 6) is -2.52. The average molecular weight is 500 g/mol. The van der Waals surface area contributed by atoms with Crippen LogP contribution in [0.3, 0.4) is 0 Å². The molecule has 4 aromatic heterocycles. The van der Waals surface area contributed by atoms with Crippen LogP contribution in [0, 0.1) is 17.6 Å². The van der Waals surface area contributed by atoms with E-state index in [0.717, 1.165) is 12.4 Å². The number of nitrogen functional groups attached to an aromatic ring is 2. The van der Waals surface area contributed by atoms with Gasteiger partial charge in [0.25, 0.3) is 0 Å². The summed E-state index contributed by atoms with van der Waals surface area (Å²) in [7, 11) is 0. The quantitative estimate of drug-likeness (QED) is 0.207. The molecular formula is C22H22F2N8O4. The maximum Gasteiger partial charge on any atom is 0.167 e. The molecule has 2 aliphatic carbocycles. The van der Waals surface area contributed by atoms with Gasteiger partial charge in [-0.15, -0.1) is 0 Å². The third kappa shape index (κ3) is 2.86. The summed E-state index contributed by atoms with van der Waals surface area (Å²) in [6.07, 6.45) is 3.71. The van der Waals surface area contributed by atoms with E-state index in [0.29, 0.717) is 0 Å². The Kier molecular flexibility index (Phi) is 4.67. The molecule has 4 heterocycles. The monoisotopic (exact) mass is 500 g/mol. The van der Waals surface area contributed by atoms with Crippen molar-refractivity contribution >= 4 is 33.7 Å². The van der Waals surface area contributed by atoms with E-state index in [1.54, 1.807) is 0 Å². The first-order chi connectivity index (χ1) is 17.1. The van der Waals surface area contributed by atoms with Gasteiger partial charge in [-0.3, -0.25) is 4.57 Å². The lowest BCUT2D eigenvalue weighted by Gasteiger charge is -2.39. The van der Waals surface area contributed by atoms with Gasteiger partial charge in [0.05, 0.1) is 37.2 Å². The number of nitrogens with zero attached hydrogens (tertiary/aromatic N) is 6. The molecule has 2 aliphatic rings. The molecule has 188 valence electrons. The van der Waals surface area contributed by atoms with Crippen molar-refractivity contribution in [3.8, 4) is 0 Å². The minimum atomic E-state index is -2.08. The number of imidazole rings is 2. The Bertz CT molecular complexity index is 1560. The fraction of sp³-hybridized carbons (Fsp3) is 0.364. The highest BCUT2D eigenvalue weighted by molar-refractivity contribution is 5.86. The molecule has 6 rings (SSSR count). The van der Waals surface area contributed by atoms with Crippen molar-refractivity contribution in [1.82, 2.24) is 29.1 Å². The number of pyridine rings is 2. The third-order valence-corrected chi connectivity index (χ3v) is 7.43. The van der Waals surface area contributed by atoms with E-state index in [1.165, 1.54) is 33.9 Å². The van der Waals surface area contributed by atoms with Crippen molar-refractivity contribution in [1.29, 1.82) is 0 Å². The SMILES string of the molecule is Nc1ncc(F)c2c1ncn2[C@@H]1C[C@H](O)[C@@H](O)[C@@]1(O)[C@@H]1C=C[C@@](O)(n2cnc3c(N)ncc(F)c32)C1. The van der Waals surface area contributed by atoms with Crippen LogP contribution < -0.4 is 11.5 Å². The predicted molar refractivity (Wildman–Crippen MR) is 122 cm³/mol. The van der Waals surface area contributed by atoms with Gasteiger partial charge in [-0.05, 0) is 12.5 Å². The number of halogens is 2. The maximum atomic E-state index is 14.8. The summed E-state index contributed by atoms with van der Waals surface area (Å²) < 4.78 is 31.9. The highest BCUT2D eigenvalue weighted by Gasteiger charge is 2.60. The molecular weight excluding hydrogens is 478 g/mol. The van der Waals surface area contributed by atoms with Crippen LogP contribution in [0.25, 0.3) is 22.1 Å². The van der Waals surface area contributed by atoms with Crippen LogP contribution in [0.15, 0.2) is 37.2 Å². The molecule has 0 amide bonds. The normalized spacial score (nSPS) is 32.3. The second-order valence-electron chi connectivity index (χ2n) is 9.34. The largest absolute Gasteiger partial charge is 0.390 e. The Hall–Kier alpha value is -3.72. The number of fused-ring (bicyclic) bond motifs is 2. The predicted octanol–water partition coefficient (Wildman–Crippen LogP) is -0.0623. The molecule has 12 nitrogen and oxygen atoms in total. The zero-order valence-electron chi connectivity index (χ0n) is 18.6. The van der Waals surface area contributed by atoms with E-state index in [-0.39, 0.29) is 46.5 Å². The van der Waals surface area contributed by atoms with E-state index in [2.05, 4.69) is 19.9 Å². The zero-order valence-corrected chi connectivity index (χ0v) is 18.6. The molecule has 0 spiro atoms. The summed E-state index contributed by atoms with van der Waals surface area (Å²) >= 11 is 0. The molecule has 0 bridgehead atoms. The van der Waals surface area contributed by atoms with Gasteiger partial charge in [0.15, 0.2) is 29.0 Å². The van der Waals surface area contributed by atoms with Gasteiger partial charge in [-0.2, -0.15) is 0 Å². The molecule has 4 aromatic rings. The van der Waals surface area contributed by atoms with Gasteiger partial charge in [0.2, 0.25) is 0 Å².